The Labute approximate surface area is 167 Å². The summed E-state index contributed by atoms with van der Waals surface area (Å²) in [5, 5.41) is 0. The van der Waals surface area contributed by atoms with Gasteiger partial charge in [0.15, 0.2) is 0 Å². The van der Waals surface area contributed by atoms with Crippen molar-refractivity contribution in [1.29, 1.82) is 0 Å². The number of aryl methyl sites for hydroxylation is 1. The third-order valence-corrected chi connectivity index (χ3v) is 6.86. The highest BCUT2D eigenvalue weighted by Crippen LogP contribution is 2.26. The van der Waals surface area contributed by atoms with Gasteiger partial charge >= 0.3 is 5.97 Å². The van der Waals surface area contributed by atoms with Crippen molar-refractivity contribution in [2.45, 2.75) is 38.7 Å². The minimum absolute atomic E-state index is 0.185. The van der Waals surface area contributed by atoms with Crippen LogP contribution in [0.1, 0.15) is 41.8 Å². The number of carbonyl (C=O) groups excluding carboxylic acids is 1. The van der Waals surface area contributed by atoms with E-state index in [4.69, 9.17) is 4.74 Å². The Morgan fingerprint density at radius 2 is 1.71 bits per heavy atom. The summed E-state index contributed by atoms with van der Waals surface area (Å²) in [6.07, 6.45) is 1.04. The van der Waals surface area contributed by atoms with E-state index < -0.39 is 16.0 Å². The second kappa shape index (κ2) is 8.45. The molecule has 0 amide bonds. The third kappa shape index (κ3) is 4.80. The van der Waals surface area contributed by atoms with Gasteiger partial charge in [-0.05, 0) is 55.0 Å². The molecule has 0 radical (unpaired) electrons. The summed E-state index contributed by atoms with van der Waals surface area (Å²) in [4.78, 5) is 12.5. The largest absolute Gasteiger partial charge is 0.457 e. The van der Waals surface area contributed by atoms with Crippen molar-refractivity contribution in [3.63, 3.8) is 0 Å². The lowest BCUT2D eigenvalue weighted by molar-refractivity contribution is 0.0472. The molecular formula is C22H27NO4S. The Balaban J connectivity index is 1.67. The van der Waals surface area contributed by atoms with Crippen molar-refractivity contribution in [2.24, 2.45) is 11.8 Å². The topological polar surface area (TPSA) is 63.7 Å². The number of nitrogens with zero attached hydrogens (tertiary/aromatic N) is 1. The first kappa shape index (κ1) is 20.6. The maximum absolute atomic E-state index is 12.9. The molecule has 1 heterocycles. The molecule has 1 aliphatic rings. The van der Waals surface area contributed by atoms with Crippen LogP contribution < -0.4 is 0 Å². The lowest BCUT2D eigenvalue weighted by Crippen LogP contribution is -2.42. The molecule has 2 aromatic carbocycles. The van der Waals surface area contributed by atoms with E-state index in [9.17, 15) is 13.2 Å². The predicted octanol–water partition coefficient (Wildman–Crippen LogP) is 4.02. The fourth-order valence-electron chi connectivity index (χ4n) is 3.75. The van der Waals surface area contributed by atoms with Gasteiger partial charge in [-0.2, -0.15) is 4.31 Å². The summed E-state index contributed by atoms with van der Waals surface area (Å²) in [6, 6.07) is 13.8. The Morgan fingerprint density at radius 1 is 1.07 bits per heavy atom. The third-order valence-electron chi connectivity index (χ3n) is 5.02. The van der Waals surface area contributed by atoms with Crippen LogP contribution >= 0.6 is 0 Å². The number of hydrogen-bond donors (Lipinski definition) is 0. The van der Waals surface area contributed by atoms with Crippen LogP contribution in [-0.4, -0.2) is 31.8 Å². The van der Waals surface area contributed by atoms with Gasteiger partial charge in [-0.1, -0.05) is 43.7 Å². The van der Waals surface area contributed by atoms with Crippen molar-refractivity contribution in [3.8, 4) is 0 Å². The zero-order valence-electron chi connectivity index (χ0n) is 16.6. The lowest BCUT2D eigenvalue weighted by Gasteiger charge is -2.34. The molecule has 0 aliphatic carbocycles. The minimum Gasteiger partial charge on any atom is -0.457 e. The van der Waals surface area contributed by atoms with Crippen LogP contribution in [0.25, 0.3) is 0 Å². The first-order chi connectivity index (χ1) is 13.3. The van der Waals surface area contributed by atoms with E-state index in [1.165, 1.54) is 24.3 Å². The van der Waals surface area contributed by atoms with Gasteiger partial charge in [0.25, 0.3) is 0 Å². The van der Waals surface area contributed by atoms with E-state index in [1.54, 1.807) is 4.31 Å². The number of piperidine rings is 1. The summed E-state index contributed by atoms with van der Waals surface area (Å²) < 4.78 is 32.7. The molecule has 0 bridgehead atoms. The maximum atomic E-state index is 12.9. The first-order valence-electron chi connectivity index (χ1n) is 9.58. The highest BCUT2D eigenvalue weighted by Gasteiger charge is 2.31. The number of sulfonamides is 1. The second-order valence-corrected chi connectivity index (χ2v) is 9.80. The molecule has 1 saturated heterocycles. The van der Waals surface area contributed by atoms with E-state index in [1.807, 2.05) is 31.2 Å². The summed E-state index contributed by atoms with van der Waals surface area (Å²) >= 11 is 0. The van der Waals surface area contributed by atoms with E-state index in [0.717, 1.165) is 17.5 Å². The van der Waals surface area contributed by atoms with Crippen molar-refractivity contribution < 1.29 is 17.9 Å². The smallest absolute Gasteiger partial charge is 0.338 e. The molecule has 5 nitrogen and oxygen atoms in total. The molecule has 0 N–H and O–H groups in total. The molecule has 2 atom stereocenters. The van der Waals surface area contributed by atoms with Crippen molar-refractivity contribution in [1.82, 2.24) is 4.31 Å². The average molecular weight is 402 g/mol. The van der Waals surface area contributed by atoms with Gasteiger partial charge in [0.2, 0.25) is 10.0 Å². The van der Waals surface area contributed by atoms with Crippen LogP contribution in [0.5, 0.6) is 0 Å². The van der Waals surface area contributed by atoms with E-state index in [2.05, 4.69) is 13.8 Å². The van der Waals surface area contributed by atoms with Crippen LogP contribution in [0.4, 0.5) is 0 Å². The normalized spacial score (nSPS) is 20.7. The highest BCUT2D eigenvalue weighted by molar-refractivity contribution is 7.89. The van der Waals surface area contributed by atoms with Crippen LogP contribution in [-0.2, 0) is 21.4 Å². The van der Waals surface area contributed by atoms with Crippen molar-refractivity contribution in [2.75, 3.05) is 13.1 Å². The maximum Gasteiger partial charge on any atom is 0.338 e. The Bertz CT molecular complexity index is 927. The Hall–Kier alpha value is -2.18. The molecule has 1 aliphatic heterocycles. The van der Waals surface area contributed by atoms with E-state index in [-0.39, 0.29) is 11.5 Å². The first-order valence-corrected chi connectivity index (χ1v) is 11.0. The van der Waals surface area contributed by atoms with Gasteiger partial charge in [0.1, 0.15) is 6.61 Å². The van der Waals surface area contributed by atoms with Crippen molar-refractivity contribution >= 4 is 16.0 Å². The molecule has 150 valence electrons. The summed E-state index contributed by atoms with van der Waals surface area (Å²) in [6.45, 7) is 7.38. The number of ether oxygens (including phenoxy) is 1. The van der Waals surface area contributed by atoms with Gasteiger partial charge in [-0.3, -0.25) is 0 Å². The molecule has 1 fully saturated rings. The summed E-state index contributed by atoms with van der Waals surface area (Å²) in [5.41, 5.74) is 2.36. The standard InChI is InChI=1S/C22H27NO4S/c1-16-5-4-6-19(12-16)15-27-22(24)20-7-9-21(10-8-20)28(25,26)23-13-17(2)11-18(3)14-23/h4-10,12,17-18H,11,13-15H2,1-3H3/t17-,18+. The van der Waals surface area contributed by atoms with Crippen LogP contribution in [0.15, 0.2) is 53.4 Å². The van der Waals surface area contributed by atoms with Gasteiger partial charge in [0.05, 0.1) is 10.5 Å². The number of esters is 1. The number of hydrogen-bond acceptors (Lipinski definition) is 4. The summed E-state index contributed by atoms with van der Waals surface area (Å²) in [7, 11) is -3.55. The van der Waals surface area contributed by atoms with E-state index >= 15 is 0 Å². The van der Waals surface area contributed by atoms with Crippen LogP contribution in [0.2, 0.25) is 0 Å². The molecule has 0 saturated carbocycles. The molecule has 3 rings (SSSR count). The molecule has 2 aromatic rings. The fourth-order valence-corrected chi connectivity index (χ4v) is 5.43. The zero-order valence-corrected chi connectivity index (χ0v) is 17.4. The van der Waals surface area contributed by atoms with Gasteiger partial charge in [-0.15, -0.1) is 0 Å². The molecule has 0 spiro atoms. The van der Waals surface area contributed by atoms with Gasteiger partial charge in [0, 0.05) is 13.1 Å². The molecule has 0 aromatic heterocycles. The Kier molecular flexibility index (Phi) is 6.20. The second-order valence-electron chi connectivity index (χ2n) is 7.86. The molecule has 0 unspecified atom stereocenters. The van der Waals surface area contributed by atoms with Gasteiger partial charge < -0.3 is 4.74 Å². The van der Waals surface area contributed by atoms with E-state index in [0.29, 0.717) is 30.5 Å². The zero-order chi connectivity index (χ0) is 20.3. The lowest BCUT2D eigenvalue weighted by atomic mass is 9.94. The molecule has 28 heavy (non-hydrogen) atoms. The minimum atomic E-state index is -3.55. The summed E-state index contributed by atoms with van der Waals surface area (Å²) in [5.74, 6) is 0.217. The molecular weight excluding hydrogens is 374 g/mol. The number of benzene rings is 2. The van der Waals surface area contributed by atoms with Crippen LogP contribution in [0.3, 0.4) is 0 Å². The Morgan fingerprint density at radius 3 is 2.32 bits per heavy atom. The number of rotatable bonds is 5. The van der Waals surface area contributed by atoms with Gasteiger partial charge in [-0.25, -0.2) is 13.2 Å². The SMILES string of the molecule is Cc1cccc(COC(=O)c2ccc(S(=O)(=O)N3C[C@H](C)C[C@H](C)C3)cc2)c1. The number of carbonyl (C=O) groups is 1. The average Bonchev–Trinajstić information content (AvgIpc) is 2.65. The van der Waals surface area contributed by atoms with Crippen LogP contribution in [0, 0.1) is 18.8 Å². The molecule has 6 heteroatoms. The quantitative estimate of drug-likeness (QED) is 0.710. The highest BCUT2D eigenvalue weighted by atomic mass is 32.2. The monoisotopic (exact) mass is 401 g/mol. The fraction of sp³-hybridized carbons (Fsp3) is 0.409. The predicted molar refractivity (Wildman–Crippen MR) is 108 cm³/mol. The van der Waals surface area contributed by atoms with Crippen molar-refractivity contribution in [3.05, 3.63) is 65.2 Å².